The first-order valence-electron chi connectivity index (χ1n) is 7.05. The number of unbranched alkanes of at least 4 members (excludes halogenated alkanes) is 2. The van der Waals surface area contributed by atoms with Crippen molar-refractivity contribution >= 4 is 5.95 Å². The lowest BCUT2D eigenvalue weighted by atomic mass is 10.1. The molecule has 0 spiro atoms. The highest BCUT2D eigenvalue weighted by molar-refractivity contribution is 5.26. The van der Waals surface area contributed by atoms with Crippen molar-refractivity contribution in [2.75, 3.05) is 25.6 Å². The number of rotatable bonds is 10. The molecule has 0 radical (unpaired) electrons. The van der Waals surface area contributed by atoms with Crippen LogP contribution in [0.15, 0.2) is 12.4 Å². The molecule has 0 aliphatic heterocycles. The monoisotopic (exact) mass is 253 g/mol. The third-order valence-corrected chi connectivity index (χ3v) is 3.18. The van der Waals surface area contributed by atoms with Crippen LogP contribution in [0.25, 0.3) is 0 Å². The Bertz CT molecular complexity index is 312. The molecule has 1 heterocycles. The molecule has 0 aliphatic rings. The van der Waals surface area contributed by atoms with Gasteiger partial charge in [0.2, 0.25) is 5.95 Å². The summed E-state index contributed by atoms with van der Waals surface area (Å²) in [5.74, 6) is 0.982. The van der Waals surface area contributed by atoms with Crippen molar-refractivity contribution in [3.8, 4) is 0 Å². The van der Waals surface area contributed by atoms with Crippen molar-refractivity contribution in [3.63, 3.8) is 0 Å². The quantitative estimate of drug-likeness (QED) is 0.649. The van der Waals surface area contributed by atoms with Gasteiger partial charge in [0.25, 0.3) is 0 Å². The van der Waals surface area contributed by atoms with E-state index in [-0.39, 0.29) is 0 Å². The lowest BCUT2D eigenvalue weighted by Gasteiger charge is -2.16. The van der Waals surface area contributed by atoms with Gasteiger partial charge in [-0.25, -0.2) is 4.98 Å². The van der Waals surface area contributed by atoms with Crippen molar-refractivity contribution in [1.82, 2.24) is 9.55 Å². The molecule has 4 nitrogen and oxygen atoms in total. The van der Waals surface area contributed by atoms with Crippen molar-refractivity contribution < 1.29 is 4.74 Å². The van der Waals surface area contributed by atoms with E-state index < -0.39 is 0 Å². The summed E-state index contributed by atoms with van der Waals surface area (Å²) in [6, 6.07) is 0.518. The van der Waals surface area contributed by atoms with Gasteiger partial charge in [-0.15, -0.1) is 0 Å². The predicted molar refractivity (Wildman–Crippen MR) is 76.1 cm³/mol. The average Bonchev–Trinajstić information content (AvgIpc) is 2.83. The van der Waals surface area contributed by atoms with Crippen LogP contribution < -0.4 is 5.32 Å². The highest BCUT2D eigenvalue weighted by atomic mass is 16.5. The fraction of sp³-hybridized carbons (Fsp3) is 0.786. The summed E-state index contributed by atoms with van der Waals surface area (Å²) in [5.41, 5.74) is 0. The van der Waals surface area contributed by atoms with Crippen LogP contribution in [-0.4, -0.2) is 29.8 Å². The summed E-state index contributed by atoms with van der Waals surface area (Å²) in [5, 5.41) is 3.37. The maximum Gasteiger partial charge on any atom is 0.203 e. The minimum atomic E-state index is 0.518. The van der Waals surface area contributed by atoms with Crippen LogP contribution in [0.1, 0.15) is 52.0 Å². The highest BCUT2D eigenvalue weighted by Crippen LogP contribution is 2.19. The normalized spacial score (nSPS) is 12.6. The van der Waals surface area contributed by atoms with E-state index in [4.69, 9.17) is 4.74 Å². The van der Waals surface area contributed by atoms with Gasteiger partial charge < -0.3 is 14.6 Å². The molecule has 0 aliphatic carbocycles. The third-order valence-electron chi connectivity index (χ3n) is 3.18. The summed E-state index contributed by atoms with van der Waals surface area (Å²) in [6.45, 7) is 6.20. The molecule has 0 saturated heterocycles. The molecule has 0 saturated carbocycles. The fourth-order valence-corrected chi connectivity index (χ4v) is 2.05. The van der Waals surface area contributed by atoms with Crippen LogP contribution in [0.5, 0.6) is 0 Å². The molecule has 18 heavy (non-hydrogen) atoms. The molecule has 0 aromatic carbocycles. The lowest BCUT2D eigenvalue weighted by molar-refractivity contribution is 0.197. The number of aromatic nitrogens is 2. The molecule has 1 N–H and O–H groups in total. The summed E-state index contributed by atoms with van der Waals surface area (Å²) < 4.78 is 7.28. The molecule has 104 valence electrons. The van der Waals surface area contributed by atoms with Gasteiger partial charge in [0.15, 0.2) is 0 Å². The second-order valence-corrected chi connectivity index (χ2v) is 4.78. The molecule has 1 atom stereocenters. The minimum absolute atomic E-state index is 0.518. The van der Waals surface area contributed by atoms with Gasteiger partial charge in [0.1, 0.15) is 0 Å². The average molecular weight is 253 g/mol. The van der Waals surface area contributed by atoms with Gasteiger partial charge in [-0.05, 0) is 19.8 Å². The number of imidazole rings is 1. The first kappa shape index (κ1) is 15.0. The molecule has 0 amide bonds. The van der Waals surface area contributed by atoms with E-state index in [9.17, 15) is 0 Å². The van der Waals surface area contributed by atoms with E-state index >= 15 is 0 Å². The maximum atomic E-state index is 5.04. The van der Waals surface area contributed by atoms with Gasteiger partial charge in [0, 0.05) is 38.7 Å². The number of methoxy groups -OCH3 is 1. The Kier molecular flexibility index (Phi) is 7.49. The molecule has 1 aromatic heterocycles. The van der Waals surface area contributed by atoms with Crippen molar-refractivity contribution in [3.05, 3.63) is 12.4 Å². The Morgan fingerprint density at radius 3 is 2.94 bits per heavy atom. The third kappa shape index (κ3) is 5.08. The van der Waals surface area contributed by atoms with E-state index in [0.29, 0.717) is 6.04 Å². The van der Waals surface area contributed by atoms with Crippen LogP contribution in [0.3, 0.4) is 0 Å². The SMILES string of the molecule is CCCCCC(C)n1ccnc1NCCCOC. The van der Waals surface area contributed by atoms with E-state index in [1.807, 2.05) is 6.20 Å². The molecule has 0 bridgehead atoms. The largest absolute Gasteiger partial charge is 0.385 e. The Morgan fingerprint density at radius 2 is 2.22 bits per heavy atom. The van der Waals surface area contributed by atoms with Gasteiger partial charge in [-0.3, -0.25) is 0 Å². The fourth-order valence-electron chi connectivity index (χ4n) is 2.05. The number of nitrogens with zero attached hydrogens (tertiary/aromatic N) is 2. The first-order chi connectivity index (χ1) is 8.79. The number of hydrogen-bond acceptors (Lipinski definition) is 3. The Hall–Kier alpha value is -1.03. The zero-order valence-corrected chi connectivity index (χ0v) is 12.0. The molecule has 0 fully saturated rings. The topological polar surface area (TPSA) is 39.1 Å². The van der Waals surface area contributed by atoms with E-state index in [0.717, 1.165) is 25.5 Å². The summed E-state index contributed by atoms with van der Waals surface area (Å²) in [4.78, 5) is 4.37. The van der Waals surface area contributed by atoms with Crippen molar-refractivity contribution in [2.24, 2.45) is 0 Å². The van der Waals surface area contributed by atoms with E-state index in [2.05, 4.69) is 34.9 Å². The highest BCUT2D eigenvalue weighted by Gasteiger charge is 2.08. The molecular formula is C14H27N3O. The summed E-state index contributed by atoms with van der Waals surface area (Å²) in [7, 11) is 1.73. The van der Waals surface area contributed by atoms with E-state index in [1.54, 1.807) is 7.11 Å². The van der Waals surface area contributed by atoms with E-state index in [1.165, 1.54) is 25.7 Å². The number of ether oxygens (including phenoxy) is 1. The zero-order chi connectivity index (χ0) is 13.2. The van der Waals surface area contributed by atoms with Gasteiger partial charge >= 0.3 is 0 Å². The van der Waals surface area contributed by atoms with Crippen LogP contribution in [-0.2, 0) is 4.74 Å². The molecular weight excluding hydrogens is 226 g/mol. The zero-order valence-electron chi connectivity index (χ0n) is 12.0. The van der Waals surface area contributed by atoms with Crippen LogP contribution in [0, 0.1) is 0 Å². The van der Waals surface area contributed by atoms with Crippen LogP contribution >= 0.6 is 0 Å². The van der Waals surface area contributed by atoms with Crippen molar-refractivity contribution in [1.29, 1.82) is 0 Å². The van der Waals surface area contributed by atoms with Gasteiger partial charge in [-0.2, -0.15) is 0 Å². The van der Waals surface area contributed by atoms with Crippen molar-refractivity contribution in [2.45, 2.75) is 52.0 Å². The summed E-state index contributed by atoms with van der Waals surface area (Å²) >= 11 is 0. The molecule has 4 heteroatoms. The molecule has 1 aromatic rings. The van der Waals surface area contributed by atoms with Gasteiger partial charge in [0.05, 0.1) is 0 Å². The standard InChI is InChI=1S/C14H27N3O/c1-4-5-6-8-13(2)17-11-10-16-14(17)15-9-7-12-18-3/h10-11,13H,4-9,12H2,1-3H3,(H,15,16). The minimum Gasteiger partial charge on any atom is -0.385 e. The first-order valence-corrected chi connectivity index (χ1v) is 7.05. The Morgan fingerprint density at radius 1 is 1.39 bits per heavy atom. The smallest absolute Gasteiger partial charge is 0.203 e. The number of anilines is 1. The number of nitrogens with one attached hydrogen (secondary N) is 1. The molecule has 1 unspecified atom stereocenters. The second-order valence-electron chi connectivity index (χ2n) is 4.78. The lowest BCUT2D eigenvalue weighted by Crippen LogP contribution is -2.12. The maximum absolute atomic E-state index is 5.04. The summed E-state index contributed by atoms with van der Waals surface area (Å²) in [6.07, 6.45) is 10.0. The molecule has 1 rings (SSSR count). The Labute approximate surface area is 111 Å². The van der Waals surface area contributed by atoms with Gasteiger partial charge in [-0.1, -0.05) is 26.2 Å². The van der Waals surface area contributed by atoms with Crippen LogP contribution in [0.4, 0.5) is 5.95 Å². The number of hydrogen-bond donors (Lipinski definition) is 1. The Balaban J connectivity index is 2.38. The van der Waals surface area contributed by atoms with Crippen LogP contribution in [0.2, 0.25) is 0 Å². The predicted octanol–water partition coefficient (Wildman–Crippen LogP) is 3.47. The second kappa shape index (κ2) is 8.97.